The molecule has 1 N–H and O–H groups in total. The Labute approximate surface area is 144 Å². The highest BCUT2D eigenvalue weighted by molar-refractivity contribution is 7.10. The van der Waals surface area contributed by atoms with Crippen molar-refractivity contribution in [3.05, 3.63) is 34.9 Å². The molecule has 1 fully saturated rings. The molecular weight excluding hydrogens is 334 g/mol. The molecule has 23 heavy (non-hydrogen) atoms. The minimum atomic E-state index is -0.649. The SMILES string of the molecule is N#Cc1c(Cl)nsc1N1CCCCCC1CC(O)c1ccco1. The van der Waals surface area contributed by atoms with Crippen LogP contribution in [0.1, 0.15) is 49.5 Å². The summed E-state index contributed by atoms with van der Waals surface area (Å²) in [6.45, 7) is 0.850. The highest BCUT2D eigenvalue weighted by atomic mass is 35.5. The Morgan fingerprint density at radius 1 is 1.52 bits per heavy atom. The first kappa shape index (κ1) is 16.3. The Balaban J connectivity index is 1.84. The maximum absolute atomic E-state index is 10.4. The molecule has 2 aromatic heterocycles. The molecule has 3 rings (SSSR count). The number of aliphatic hydroxyl groups is 1. The summed E-state index contributed by atoms with van der Waals surface area (Å²) in [5.41, 5.74) is 0.441. The highest BCUT2D eigenvalue weighted by Crippen LogP contribution is 2.37. The molecule has 7 heteroatoms. The van der Waals surface area contributed by atoms with Crippen molar-refractivity contribution in [2.24, 2.45) is 0 Å². The molecule has 122 valence electrons. The van der Waals surface area contributed by atoms with Crippen LogP contribution in [-0.4, -0.2) is 22.1 Å². The van der Waals surface area contributed by atoms with E-state index in [0.29, 0.717) is 17.7 Å². The summed E-state index contributed by atoms with van der Waals surface area (Å²) in [6.07, 6.45) is 5.78. The molecule has 0 amide bonds. The van der Waals surface area contributed by atoms with E-state index in [4.69, 9.17) is 16.0 Å². The van der Waals surface area contributed by atoms with Gasteiger partial charge >= 0.3 is 0 Å². The number of hydrogen-bond donors (Lipinski definition) is 1. The Kier molecular flexibility index (Phi) is 5.21. The van der Waals surface area contributed by atoms with Crippen LogP contribution >= 0.6 is 23.1 Å². The quantitative estimate of drug-likeness (QED) is 0.896. The van der Waals surface area contributed by atoms with Crippen LogP contribution in [0.25, 0.3) is 0 Å². The third kappa shape index (κ3) is 3.52. The van der Waals surface area contributed by atoms with Crippen LogP contribution in [0.5, 0.6) is 0 Å². The summed E-state index contributed by atoms with van der Waals surface area (Å²) in [6, 6.07) is 5.86. The Hall–Kier alpha value is -1.55. The van der Waals surface area contributed by atoms with Crippen molar-refractivity contribution >= 4 is 28.1 Å². The molecule has 0 spiro atoms. The summed E-state index contributed by atoms with van der Waals surface area (Å²) in [5, 5.41) is 20.9. The molecule has 0 radical (unpaired) electrons. The molecule has 0 saturated carbocycles. The summed E-state index contributed by atoms with van der Waals surface area (Å²) in [7, 11) is 0. The monoisotopic (exact) mass is 351 g/mol. The van der Waals surface area contributed by atoms with Gasteiger partial charge in [0.15, 0.2) is 5.15 Å². The van der Waals surface area contributed by atoms with Gasteiger partial charge in [-0.05, 0) is 36.5 Å². The second-order valence-corrected chi connectivity index (χ2v) is 6.84. The van der Waals surface area contributed by atoms with Crippen molar-refractivity contribution in [1.29, 1.82) is 5.26 Å². The Bertz CT molecular complexity index is 680. The van der Waals surface area contributed by atoms with E-state index in [1.165, 1.54) is 11.5 Å². The van der Waals surface area contributed by atoms with E-state index in [1.807, 2.05) is 0 Å². The molecule has 0 aliphatic carbocycles. The van der Waals surface area contributed by atoms with E-state index >= 15 is 0 Å². The highest BCUT2D eigenvalue weighted by Gasteiger charge is 2.29. The molecule has 0 bridgehead atoms. The number of halogens is 1. The zero-order valence-corrected chi connectivity index (χ0v) is 14.2. The van der Waals surface area contributed by atoms with Crippen molar-refractivity contribution < 1.29 is 9.52 Å². The number of aromatic nitrogens is 1. The maximum atomic E-state index is 10.4. The van der Waals surface area contributed by atoms with Gasteiger partial charge < -0.3 is 14.4 Å². The van der Waals surface area contributed by atoms with Gasteiger partial charge in [0.1, 0.15) is 28.5 Å². The normalized spacial score (nSPS) is 20.0. The van der Waals surface area contributed by atoms with E-state index in [-0.39, 0.29) is 11.2 Å². The number of hydrogen-bond acceptors (Lipinski definition) is 6. The molecular formula is C16H18ClN3O2S. The largest absolute Gasteiger partial charge is 0.467 e. The van der Waals surface area contributed by atoms with Gasteiger partial charge in [-0.25, -0.2) is 0 Å². The van der Waals surface area contributed by atoms with Crippen molar-refractivity contribution in [3.8, 4) is 6.07 Å². The lowest BCUT2D eigenvalue weighted by molar-refractivity contribution is 0.129. The second-order valence-electron chi connectivity index (χ2n) is 5.73. The Morgan fingerprint density at radius 3 is 3.13 bits per heavy atom. The van der Waals surface area contributed by atoms with E-state index < -0.39 is 6.10 Å². The van der Waals surface area contributed by atoms with Crippen molar-refractivity contribution in [2.45, 2.75) is 44.2 Å². The van der Waals surface area contributed by atoms with Gasteiger partial charge in [-0.15, -0.1) is 0 Å². The predicted molar refractivity (Wildman–Crippen MR) is 89.7 cm³/mol. The van der Waals surface area contributed by atoms with Gasteiger partial charge in [0.2, 0.25) is 0 Å². The molecule has 2 unspecified atom stereocenters. The standard InChI is InChI=1S/C16H18ClN3O2S/c17-15-12(10-18)16(23-19-15)20-7-3-1-2-5-11(20)9-13(21)14-6-4-8-22-14/h4,6,8,11,13,21H,1-3,5,7,9H2. The lowest BCUT2D eigenvalue weighted by Gasteiger charge is -2.31. The molecule has 1 aliphatic heterocycles. The number of anilines is 1. The lowest BCUT2D eigenvalue weighted by atomic mass is 10.0. The van der Waals surface area contributed by atoms with Crippen LogP contribution in [0.4, 0.5) is 5.00 Å². The van der Waals surface area contributed by atoms with E-state index in [9.17, 15) is 10.4 Å². The van der Waals surface area contributed by atoms with Gasteiger partial charge in [0, 0.05) is 19.0 Å². The van der Waals surface area contributed by atoms with Gasteiger partial charge in [-0.2, -0.15) is 9.64 Å². The van der Waals surface area contributed by atoms with Crippen LogP contribution in [-0.2, 0) is 0 Å². The average molecular weight is 352 g/mol. The van der Waals surface area contributed by atoms with E-state index in [0.717, 1.165) is 37.2 Å². The molecule has 0 aromatic carbocycles. The fourth-order valence-electron chi connectivity index (χ4n) is 3.10. The molecule has 3 heterocycles. The zero-order valence-electron chi connectivity index (χ0n) is 12.6. The summed E-state index contributed by atoms with van der Waals surface area (Å²) in [4.78, 5) is 2.20. The topological polar surface area (TPSA) is 73.3 Å². The van der Waals surface area contributed by atoms with E-state index in [1.54, 1.807) is 18.4 Å². The smallest absolute Gasteiger partial charge is 0.162 e. The second kappa shape index (κ2) is 7.35. The predicted octanol–water partition coefficient (Wildman–Crippen LogP) is 4.13. The van der Waals surface area contributed by atoms with Gasteiger partial charge in [0.05, 0.1) is 6.26 Å². The molecule has 1 saturated heterocycles. The van der Waals surface area contributed by atoms with Gasteiger partial charge in [0.25, 0.3) is 0 Å². The summed E-state index contributed by atoms with van der Waals surface area (Å²) >= 11 is 7.29. The third-order valence-electron chi connectivity index (χ3n) is 4.25. The number of rotatable bonds is 4. The van der Waals surface area contributed by atoms with Gasteiger partial charge in [-0.3, -0.25) is 0 Å². The fourth-order valence-corrected chi connectivity index (χ4v) is 4.23. The molecule has 1 aliphatic rings. The number of nitrogens with zero attached hydrogens (tertiary/aromatic N) is 3. The van der Waals surface area contributed by atoms with Crippen molar-refractivity contribution in [1.82, 2.24) is 4.37 Å². The molecule has 2 atom stereocenters. The minimum absolute atomic E-state index is 0.140. The fraction of sp³-hybridized carbons (Fsp3) is 0.500. The summed E-state index contributed by atoms with van der Waals surface area (Å²) < 4.78 is 9.42. The van der Waals surface area contributed by atoms with Crippen molar-refractivity contribution in [2.75, 3.05) is 11.4 Å². The number of aliphatic hydroxyl groups excluding tert-OH is 1. The van der Waals surface area contributed by atoms with Gasteiger partial charge in [-0.1, -0.05) is 24.4 Å². The van der Waals surface area contributed by atoms with Crippen LogP contribution in [0.3, 0.4) is 0 Å². The van der Waals surface area contributed by atoms with Crippen LogP contribution in [0.15, 0.2) is 22.8 Å². The first-order chi connectivity index (χ1) is 11.2. The summed E-state index contributed by atoms with van der Waals surface area (Å²) in [5.74, 6) is 0.581. The first-order valence-electron chi connectivity index (χ1n) is 7.74. The average Bonchev–Trinajstić information content (AvgIpc) is 3.14. The zero-order chi connectivity index (χ0) is 16.2. The van der Waals surface area contributed by atoms with Crippen molar-refractivity contribution in [3.63, 3.8) is 0 Å². The molecule has 5 nitrogen and oxygen atoms in total. The van der Waals surface area contributed by atoms with Crippen LogP contribution < -0.4 is 4.90 Å². The molecule has 2 aromatic rings. The number of nitriles is 1. The van der Waals surface area contributed by atoms with E-state index in [2.05, 4.69) is 15.3 Å². The minimum Gasteiger partial charge on any atom is -0.467 e. The third-order valence-corrected chi connectivity index (χ3v) is 5.51. The lowest BCUT2D eigenvalue weighted by Crippen LogP contribution is -2.36. The van der Waals surface area contributed by atoms with Crippen LogP contribution in [0.2, 0.25) is 5.15 Å². The van der Waals surface area contributed by atoms with Crippen LogP contribution in [0, 0.1) is 11.3 Å². The Morgan fingerprint density at radius 2 is 2.39 bits per heavy atom. The number of furan rings is 1. The first-order valence-corrected chi connectivity index (χ1v) is 8.89. The maximum Gasteiger partial charge on any atom is 0.162 e.